The van der Waals surface area contributed by atoms with Gasteiger partial charge in [0.1, 0.15) is 0 Å². The molecule has 0 bridgehead atoms. The van der Waals surface area contributed by atoms with E-state index in [4.69, 9.17) is 4.74 Å². The number of hydrogen-bond donors (Lipinski definition) is 1. The van der Waals surface area contributed by atoms with E-state index in [9.17, 15) is 0 Å². The Labute approximate surface area is 101 Å². The molecular formula is C14H29NO. The average Bonchev–Trinajstić information content (AvgIpc) is 2.20. The monoisotopic (exact) mass is 227 g/mol. The molecule has 1 atom stereocenters. The highest BCUT2D eigenvalue weighted by Gasteiger charge is 2.13. The average molecular weight is 227 g/mol. The number of rotatable bonds is 10. The first-order valence-corrected chi connectivity index (χ1v) is 6.51. The number of nitrogens with one attached hydrogen (secondary N) is 1. The molecule has 0 radical (unpaired) electrons. The van der Waals surface area contributed by atoms with E-state index >= 15 is 0 Å². The molecule has 2 heteroatoms. The van der Waals surface area contributed by atoms with Gasteiger partial charge in [0.15, 0.2) is 0 Å². The molecule has 0 aromatic rings. The quantitative estimate of drug-likeness (QED) is 0.457. The Bertz CT molecular complexity index is 166. The highest BCUT2D eigenvalue weighted by atomic mass is 16.5. The van der Waals surface area contributed by atoms with Crippen LogP contribution in [0.4, 0.5) is 0 Å². The third-order valence-electron chi connectivity index (χ3n) is 2.53. The molecule has 0 amide bonds. The van der Waals surface area contributed by atoms with E-state index in [0.29, 0.717) is 17.9 Å². The van der Waals surface area contributed by atoms with Gasteiger partial charge in [0.2, 0.25) is 0 Å². The molecule has 0 rings (SSSR count). The van der Waals surface area contributed by atoms with Crippen LogP contribution in [0.3, 0.4) is 0 Å². The predicted octanol–water partition coefficient (Wildman–Crippen LogP) is 3.24. The summed E-state index contributed by atoms with van der Waals surface area (Å²) in [5.41, 5.74) is 0. The topological polar surface area (TPSA) is 21.3 Å². The Kier molecular flexibility index (Phi) is 9.65. The van der Waals surface area contributed by atoms with Crippen molar-refractivity contribution in [3.05, 3.63) is 12.7 Å². The van der Waals surface area contributed by atoms with Crippen LogP contribution in [0.5, 0.6) is 0 Å². The van der Waals surface area contributed by atoms with E-state index < -0.39 is 0 Å². The highest BCUT2D eigenvalue weighted by Crippen LogP contribution is 2.07. The number of ether oxygens (including phenoxy) is 1. The SMILES string of the molecule is C=CCCCOC(CNCC(C)C)C(C)C. The molecule has 0 aliphatic heterocycles. The summed E-state index contributed by atoms with van der Waals surface area (Å²) in [5, 5.41) is 3.46. The van der Waals surface area contributed by atoms with E-state index in [1.54, 1.807) is 0 Å². The Morgan fingerprint density at radius 2 is 1.88 bits per heavy atom. The third-order valence-corrected chi connectivity index (χ3v) is 2.53. The Hall–Kier alpha value is -0.340. The van der Waals surface area contributed by atoms with Crippen LogP contribution in [0.15, 0.2) is 12.7 Å². The molecule has 0 heterocycles. The van der Waals surface area contributed by atoms with Crippen LogP contribution >= 0.6 is 0 Å². The smallest absolute Gasteiger partial charge is 0.0722 e. The van der Waals surface area contributed by atoms with Crippen molar-refractivity contribution in [2.24, 2.45) is 11.8 Å². The van der Waals surface area contributed by atoms with Gasteiger partial charge < -0.3 is 10.1 Å². The molecule has 1 N–H and O–H groups in total. The molecule has 1 unspecified atom stereocenters. The van der Waals surface area contributed by atoms with Crippen molar-refractivity contribution in [2.75, 3.05) is 19.7 Å². The lowest BCUT2D eigenvalue weighted by Gasteiger charge is -2.22. The Balaban J connectivity index is 3.66. The fraction of sp³-hybridized carbons (Fsp3) is 0.857. The molecule has 0 aromatic carbocycles. The second kappa shape index (κ2) is 9.86. The van der Waals surface area contributed by atoms with Crippen LogP contribution in [0.1, 0.15) is 40.5 Å². The van der Waals surface area contributed by atoms with Gasteiger partial charge in [0.25, 0.3) is 0 Å². The van der Waals surface area contributed by atoms with Crippen molar-refractivity contribution in [2.45, 2.75) is 46.6 Å². The maximum absolute atomic E-state index is 5.88. The summed E-state index contributed by atoms with van der Waals surface area (Å²) in [7, 11) is 0. The van der Waals surface area contributed by atoms with Gasteiger partial charge in [-0.15, -0.1) is 6.58 Å². The van der Waals surface area contributed by atoms with Crippen LogP contribution in [-0.4, -0.2) is 25.8 Å². The second-order valence-corrected chi connectivity index (χ2v) is 5.14. The van der Waals surface area contributed by atoms with E-state index in [2.05, 4.69) is 39.6 Å². The normalized spacial score (nSPS) is 13.4. The molecule has 16 heavy (non-hydrogen) atoms. The summed E-state index contributed by atoms with van der Waals surface area (Å²) in [5.74, 6) is 1.27. The summed E-state index contributed by atoms with van der Waals surface area (Å²) in [4.78, 5) is 0. The van der Waals surface area contributed by atoms with E-state index in [1.165, 1.54) is 0 Å². The molecule has 0 aliphatic rings. The molecule has 0 spiro atoms. The predicted molar refractivity (Wildman–Crippen MR) is 71.7 cm³/mol. The second-order valence-electron chi connectivity index (χ2n) is 5.14. The minimum Gasteiger partial charge on any atom is -0.377 e. The molecular weight excluding hydrogens is 198 g/mol. The molecule has 0 saturated heterocycles. The van der Waals surface area contributed by atoms with Crippen molar-refractivity contribution in [1.29, 1.82) is 0 Å². The first kappa shape index (κ1) is 15.7. The number of hydrogen-bond acceptors (Lipinski definition) is 2. The fourth-order valence-electron chi connectivity index (χ4n) is 1.46. The summed E-state index contributed by atoms with van der Waals surface area (Å²) in [6, 6.07) is 0. The van der Waals surface area contributed by atoms with Crippen LogP contribution < -0.4 is 5.32 Å². The van der Waals surface area contributed by atoms with Crippen LogP contribution in [0, 0.1) is 11.8 Å². The zero-order chi connectivity index (χ0) is 12.4. The van der Waals surface area contributed by atoms with Crippen molar-refractivity contribution in [3.63, 3.8) is 0 Å². The minimum atomic E-state index is 0.337. The van der Waals surface area contributed by atoms with Gasteiger partial charge in [0, 0.05) is 13.2 Å². The van der Waals surface area contributed by atoms with E-state index in [1.807, 2.05) is 6.08 Å². The number of unbranched alkanes of at least 4 members (excludes halogenated alkanes) is 1. The van der Waals surface area contributed by atoms with Crippen molar-refractivity contribution >= 4 is 0 Å². The molecule has 96 valence electrons. The maximum atomic E-state index is 5.88. The summed E-state index contributed by atoms with van der Waals surface area (Å²) in [6.07, 6.45) is 4.41. The lowest BCUT2D eigenvalue weighted by Crippen LogP contribution is -2.35. The van der Waals surface area contributed by atoms with Crippen LogP contribution in [0.2, 0.25) is 0 Å². The molecule has 0 aromatic heterocycles. The molecule has 0 saturated carbocycles. The van der Waals surface area contributed by atoms with Gasteiger partial charge in [-0.1, -0.05) is 33.8 Å². The summed E-state index contributed by atoms with van der Waals surface area (Å²) < 4.78 is 5.88. The van der Waals surface area contributed by atoms with Crippen molar-refractivity contribution in [3.8, 4) is 0 Å². The Morgan fingerprint density at radius 3 is 2.38 bits per heavy atom. The van der Waals surface area contributed by atoms with Crippen LogP contribution in [-0.2, 0) is 4.74 Å². The zero-order valence-electron chi connectivity index (χ0n) is 11.5. The van der Waals surface area contributed by atoms with Crippen molar-refractivity contribution < 1.29 is 4.74 Å². The molecule has 0 aliphatic carbocycles. The standard InChI is InChI=1S/C14H29NO/c1-6-7-8-9-16-14(13(4)5)11-15-10-12(2)3/h6,12-15H,1,7-11H2,2-5H3. The van der Waals surface area contributed by atoms with Crippen LogP contribution in [0.25, 0.3) is 0 Å². The van der Waals surface area contributed by atoms with Gasteiger partial charge in [-0.25, -0.2) is 0 Å². The zero-order valence-corrected chi connectivity index (χ0v) is 11.5. The highest BCUT2D eigenvalue weighted by molar-refractivity contribution is 4.68. The minimum absolute atomic E-state index is 0.337. The molecule has 0 fully saturated rings. The lowest BCUT2D eigenvalue weighted by molar-refractivity contribution is 0.0217. The third kappa shape index (κ3) is 8.93. The number of allylic oxidation sites excluding steroid dienone is 1. The maximum Gasteiger partial charge on any atom is 0.0722 e. The van der Waals surface area contributed by atoms with Crippen molar-refractivity contribution in [1.82, 2.24) is 5.32 Å². The van der Waals surface area contributed by atoms with Gasteiger partial charge in [0.05, 0.1) is 6.10 Å². The summed E-state index contributed by atoms with van der Waals surface area (Å²) in [6.45, 7) is 15.5. The van der Waals surface area contributed by atoms with Gasteiger partial charge in [-0.2, -0.15) is 0 Å². The first-order chi connectivity index (χ1) is 7.57. The first-order valence-electron chi connectivity index (χ1n) is 6.51. The van der Waals surface area contributed by atoms with E-state index in [0.717, 1.165) is 32.5 Å². The Morgan fingerprint density at radius 1 is 1.19 bits per heavy atom. The lowest BCUT2D eigenvalue weighted by atomic mass is 10.1. The van der Waals surface area contributed by atoms with Gasteiger partial charge in [-0.3, -0.25) is 0 Å². The molecule has 2 nitrogen and oxygen atoms in total. The van der Waals surface area contributed by atoms with E-state index in [-0.39, 0.29) is 0 Å². The fourth-order valence-corrected chi connectivity index (χ4v) is 1.46. The summed E-state index contributed by atoms with van der Waals surface area (Å²) >= 11 is 0. The largest absolute Gasteiger partial charge is 0.377 e. The van der Waals surface area contributed by atoms with Gasteiger partial charge >= 0.3 is 0 Å². The van der Waals surface area contributed by atoms with Gasteiger partial charge in [-0.05, 0) is 31.2 Å².